The average Bonchev–Trinajstić information content (AvgIpc) is 2.37. The van der Waals surface area contributed by atoms with Gasteiger partial charge >= 0.3 is 6.03 Å². The van der Waals surface area contributed by atoms with Gasteiger partial charge in [-0.05, 0) is 31.6 Å². The molecule has 2 N–H and O–H groups in total. The summed E-state index contributed by atoms with van der Waals surface area (Å²) in [7, 11) is 1.57. The van der Waals surface area contributed by atoms with Crippen molar-refractivity contribution in [1.82, 2.24) is 9.80 Å². The molecule has 2 atom stereocenters. The van der Waals surface area contributed by atoms with Crippen molar-refractivity contribution in [2.75, 3.05) is 20.1 Å². The lowest BCUT2D eigenvalue weighted by atomic mass is 9.78. The fourth-order valence-corrected chi connectivity index (χ4v) is 3.31. The van der Waals surface area contributed by atoms with Crippen LogP contribution in [0.4, 0.5) is 4.79 Å². The molecule has 1 heterocycles. The van der Waals surface area contributed by atoms with Crippen LogP contribution in [-0.2, 0) is 4.79 Å². The van der Waals surface area contributed by atoms with E-state index in [-0.39, 0.29) is 12.5 Å². The molecule has 1 saturated carbocycles. The Kier molecular flexibility index (Phi) is 4.09. The molecule has 0 aromatic rings. The predicted molar refractivity (Wildman–Crippen MR) is 68.9 cm³/mol. The highest BCUT2D eigenvalue weighted by Crippen LogP contribution is 2.35. The predicted octanol–water partition coefficient (Wildman–Crippen LogP) is 1.18. The second-order valence-corrected chi connectivity index (χ2v) is 5.54. The van der Waals surface area contributed by atoms with Crippen LogP contribution in [0, 0.1) is 5.92 Å². The number of amides is 3. The number of likely N-dealkylation sites (tertiary alicyclic amines) is 1. The zero-order valence-electron chi connectivity index (χ0n) is 11.1. The first-order valence-electron chi connectivity index (χ1n) is 6.89. The summed E-state index contributed by atoms with van der Waals surface area (Å²) >= 11 is 0. The molecule has 1 aliphatic heterocycles. The van der Waals surface area contributed by atoms with E-state index in [4.69, 9.17) is 5.73 Å². The van der Waals surface area contributed by atoms with E-state index in [9.17, 15) is 9.59 Å². The van der Waals surface area contributed by atoms with Crippen LogP contribution in [-0.4, -0.2) is 47.9 Å². The molecule has 5 nitrogen and oxygen atoms in total. The van der Waals surface area contributed by atoms with E-state index in [1.165, 1.54) is 30.6 Å². The van der Waals surface area contributed by atoms with Gasteiger partial charge in [-0.3, -0.25) is 4.79 Å². The third-order valence-corrected chi connectivity index (χ3v) is 4.31. The minimum absolute atomic E-state index is 0.0490. The van der Waals surface area contributed by atoms with Gasteiger partial charge in [0.25, 0.3) is 0 Å². The molecule has 0 bridgehead atoms. The Morgan fingerprint density at radius 1 is 1.22 bits per heavy atom. The number of hydrogen-bond donors (Lipinski definition) is 1. The maximum absolute atomic E-state index is 12.2. The molecule has 1 saturated heterocycles. The first-order chi connectivity index (χ1) is 8.59. The van der Waals surface area contributed by atoms with Gasteiger partial charge in [-0.25, -0.2) is 4.79 Å². The smallest absolute Gasteiger partial charge is 0.314 e. The van der Waals surface area contributed by atoms with E-state index in [2.05, 4.69) is 0 Å². The molecule has 5 heteroatoms. The third-order valence-electron chi connectivity index (χ3n) is 4.31. The number of piperidine rings is 1. The van der Waals surface area contributed by atoms with Crippen molar-refractivity contribution in [3.05, 3.63) is 0 Å². The van der Waals surface area contributed by atoms with Crippen molar-refractivity contribution < 1.29 is 9.59 Å². The SMILES string of the molecule is CN(CC(=O)N1CCC[C@H]2CCCC[C@@H]21)C(N)=O. The van der Waals surface area contributed by atoms with Gasteiger partial charge < -0.3 is 15.5 Å². The van der Waals surface area contributed by atoms with Crippen molar-refractivity contribution in [1.29, 1.82) is 0 Å². The van der Waals surface area contributed by atoms with Crippen molar-refractivity contribution >= 4 is 11.9 Å². The van der Waals surface area contributed by atoms with Crippen molar-refractivity contribution in [2.24, 2.45) is 11.7 Å². The Bertz CT molecular complexity index is 330. The summed E-state index contributed by atoms with van der Waals surface area (Å²) in [4.78, 5) is 26.5. The number of carbonyl (C=O) groups is 2. The van der Waals surface area contributed by atoms with Gasteiger partial charge in [0.2, 0.25) is 5.91 Å². The molecular formula is C13H23N3O2. The first kappa shape index (κ1) is 13.2. The molecular weight excluding hydrogens is 230 g/mol. The standard InChI is InChI=1S/C13H23N3O2/c1-15(13(14)18)9-12(17)16-8-4-6-10-5-2-3-7-11(10)16/h10-11H,2-9H2,1H3,(H2,14,18)/t10-,11+/m1/s1. The van der Waals surface area contributed by atoms with Gasteiger partial charge in [0.15, 0.2) is 0 Å². The quantitative estimate of drug-likeness (QED) is 0.803. The van der Waals surface area contributed by atoms with Gasteiger partial charge in [-0.1, -0.05) is 12.8 Å². The summed E-state index contributed by atoms with van der Waals surface area (Å²) in [5.74, 6) is 0.725. The Hall–Kier alpha value is -1.26. The van der Waals surface area contributed by atoms with Gasteiger partial charge in [0.05, 0.1) is 0 Å². The van der Waals surface area contributed by atoms with Crippen LogP contribution < -0.4 is 5.73 Å². The Morgan fingerprint density at radius 3 is 2.61 bits per heavy atom. The molecule has 1 aliphatic carbocycles. The third kappa shape index (κ3) is 2.76. The van der Waals surface area contributed by atoms with E-state index >= 15 is 0 Å². The van der Waals surface area contributed by atoms with Crippen LogP contribution in [0.5, 0.6) is 0 Å². The van der Waals surface area contributed by atoms with Crippen LogP contribution >= 0.6 is 0 Å². The molecule has 2 rings (SSSR count). The number of rotatable bonds is 2. The molecule has 18 heavy (non-hydrogen) atoms. The summed E-state index contributed by atoms with van der Waals surface area (Å²) in [6.07, 6.45) is 7.23. The van der Waals surface area contributed by atoms with Crippen molar-refractivity contribution in [2.45, 2.75) is 44.6 Å². The number of nitrogens with two attached hydrogens (primary N) is 1. The molecule has 102 valence electrons. The normalized spacial score (nSPS) is 27.5. The molecule has 0 aromatic heterocycles. The summed E-state index contributed by atoms with van der Waals surface area (Å²) in [5.41, 5.74) is 5.16. The molecule has 3 amide bonds. The van der Waals surface area contributed by atoms with Crippen LogP contribution in [0.1, 0.15) is 38.5 Å². The van der Waals surface area contributed by atoms with Crippen LogP contribution in [0.25, 0.3) is 0 Å². The lowest BCUT2D eigenvalue weighted by Crippen LogP contribution is -2.53. The summed E-state index contributed by atoms with van der Waals surface area (Å²) < 4.78 is 0. The lowest BCUT2D eigenvalue weighted by Gasteiger charge is -2.44. The molecule has 2 aliphatic rings. The monoisotopic (exact) mass is 253 g/mol. The highest BCUT2D eigenvalue weighted by molar-refractivity contribution is 5.83. The first-order valence-corrected chi connectivity index (χ1v) is 6.89. The zero-order valence-corrected chi connectivity index (χ0v) is 11.1. The summed E-state index contributed by atoms with van der Waals surface area (Å²) in [6.45, 7) is 0.950. The molecule has 0 unspecified atom stereocenters. The number of carbonyl (C=O) groups excluding carboxylic acids is 2. The van der Waals surface area contributed by atoms with Crippen LogP contribution in [0.3, 0.4) is 0 Å². The Labute approximate surface area is 108 Å². The second kappa shape index (κ2) is 5.59. The highest BCUT2D eigenvalue weighted by atomic mass is 16.2. The maximum Gasteiger partial charge on any atom is 0.314 e. The zero-order chi connectivity index (χ0) is 13.1. The number of hydrogen-bond acceptors (Lipinski definition) is 2. The number of fused-ring (bicyclic) bond motifs is 1. The van der Waals surface area contributed by atoms with E-state index in [0.717, 1.165) is 19.4 Å². The molecule has 0 aromatic carbocycles. The van der Waals surface area contributed by atoms with Gasteiger partial charge in [0.1, 0.15) is 6.54 Å². The topological polar surface area (TPSA) is 66.6 Å². The van der Waals surface area contributed by atoms with E-state index in [0.29, 0.717) is 12.0 Å². The Morgan fingerprint density at radius 2 is 1.89 bits per heavy atom. The van der Waals surface area contributed by atoms with E-state index < -0.39 is 6.03 Å². The maximum atomic E-state index is 12.2. The van der Waals surface area contributed by atoms with E-state index in [1.807, 2.05) is 4.90 Å². The van der Waals surface area contributed by atoms with Crippen molar-refractivity contribution in [3.8, 4) is 0 Å². The fourth-order valence-electron chi connectivity index (χ4n) is 3.31. The largest absolute Gasteiger partial charge is 0.351 e. The highest BCUT2D eigenvalue weighted by Gasteiger charge is 2.35. The number of likely N-dealkylation sites (N-methyl/N-ethyl adjacent to an activating group) is 1. The molecule has 0 spiro atoms. The number of primary amides is 1. The van der Waals surface area contributed by atoms with Crippen LogP contribution in [0.15, 0.2) is 0 Å². The fraction of sp³-hybridized carbons (Fsp3) is 0.846. The van der Waals surface area contributed by atoms with Crippen LogP contribution in [0.2, 0.25) is 0 Å². The summed E-state index contributed by atoms with van der Waals surface area (Å²) in [5, 5.41) is 0. The van der Waals surface area contributed by atoms with E-state index in [1.54, 1.807) is 7.05 Å². The molecule has 2 fully saturated rings. The lowest BCUT2D eigenvalue weighted by molar-refractivity contribution is -0.137. The molecule has 0 radical (unpaired) electrons. The van der Waals surface area contributed by atoms with Gasteiger partial charge in [-0.2, -0.15) is 0 Å². The van der Waals surface area contributed by atoms with Crippen molar-refractivity contribution in [3.63, 3.8) is 0 Å². The minimum Gasteiger partial charge on any atom is -0.351 e. The number of urea groups is 1. The second-order valence-electron chi connectivity index (χ2n) is 5.54. The van der Waals surface area contributed by atoms with Gasteiger partial charge in [0, 0.05) is 19.6 Å². The Balaban J connectivity index is 1.97. The average molecular weight is 253 g/mol. The minimum atomic E-state index is -0.541. The summed E-state index contributed by atoms with van der Waals surface area (Å²) in [6, 6.07) is -0.137. The number of nitrogens with zero attached hydrogens (tertiary/aromatic N) is 2. The van der Waals surface area contributed by atoms with Gasteiger partial charge in [-0.15, -0.1) is 0 Å².